The fourth-order valence-electron chi connectivity index (χ4n) is 1.38. The van der Waals surface area contributed by atoms with E-state index in [1.54, 1.807) is 18.4 Å². The summed E-state index contributed by atoms with van der Waals surface area (Å²) in [6.07, 6.45) is 0. The molecule has 0 aromatic carbocycles. The summed E-state index contributed by atoms with van der Waals surface area (Å²) >= 11 is 1.22. The highest BCUT2D eigenvalue weighted by Gasteiger charge is 2.19. The van der Waals surface area contributed by atoms with E-state index in [4.69, 9.17) is 14.9 Å². The summed E-state index contributed by atoms with van der Waals surface area (Å²) in [5, 5.41) is 5.68. The summed E-state index contributed by atoms with van der Waals surface area (Å²) in [6.45, 7) is 2.22. The van der Waals surface area contributed by atoms with Gasteiger partial charge in [0, 0.05) is 17.0 Å². The van der Waals surface area contributed by atoms with Gasteiger partial charge in [0.25, 0.3) is 0 Å². The molecule has 0 spiro atoms. The number of hydrogen-bond donors (Lipinski definition) is 1. The third kappa shape index (κ3) is 2.34. The van der Waals surface area contributed by atoms with Gasteiger partial charge in [-0.1, -0.05) is 4.49 Å². The average Bonchev–Trinajstić information content (AvgIpc) is 2.97. The van der Waals surface area contributed by atoms with Gasteiger partial charge in [-0.25, -0.2) is 4.79 Å². The zero-order valence-electron chi connectivity index (χ0n) is 9.17. The molecule has 0 aliphatic carbocycles. The molecule has 7 heteroatoms. The molecule has 0 saturated carbocycles. The quantitative estimate of drug-likeness (QED) is 0.829. The van der Waals surface area contributed by atoms with E-state index in [-0.39, 0.29) is 12.3 Å². The highest BCUT2D eigenvalue weighted by Crippen LogP contribution is 2.26. The maximum atomic E-state index is 11.5. The molecule has 0 aliphatic heterocycles. The molecule has 0 fully saturated rings. The first-order valence-electron chi connectivity index (χ1n) is 5.03. The molecule has 17 heavy (non-hydrogen) atoms. The van der Waals surface area contributed by atoms with Crippen LogP contribution in [0.2, 0.25) is 0 Å². The molecule has 0 aliphatic rings. The second kappa shape index (κ2) is 5.07. The van der Waals surface area contributed by atoms with Crippen molar-refractivity contribution in [3.05, 3.63) is 23.0 Å². The van der Waals surface area contributed by atoms with Crippen molar-refractivity contribution in [2.24, 2.45) is 5.73 Å². The number of aromatic nitrogens is 2. The molecule has 2 aromatic rings. The fraction of sp³-hybridized carbons (Fsp3) is 0.300. The minimum absolute atomic E-state index is 0.135. The Labute approximate surface area is 102 Å². The van der Waals surface area contributed by atoms with Gasteiger partial charge in [0.2, 0.25) is 5.76 Å². The summed E-state index contributed by atoms with van der Waals surface area (Å²) in [6, 6.07) is 1.58. The van der Waals surface area contributed by atoms with Crippen molar-refractivity contribution in [1.82, 2.24) is 9.59 Å². The summed E-state index contributed by atoms with van der Waals surface area (Å²) in [5.41, 5.74) is 6.89. The number of carbonyl (C=O) groups excluding carboxylic acids is 1. The van der Waals surface area contributed by atoms with E-state index >= 15 is 0 Å². The smallest absolute Gasteiger partial charge is 0.374 e. The van der Waals surface area contributed by atoms with Crippen LogP contribution < -0.4 is 5.73 Å². The van der Waals surface area contributed by atoms with Gasteiger partial charge in [-0.2, -0.15) is 0 Å². The van der Waals surface area contributed by atoms with E-state index in [1.165, 1.54) is 11.5 Å². The standard InChI is InChI=1S/C10H11N3O3S/c1-2-15-10(14)8-3-6(9(4-11)16-8)7-5-17-13-12-7/h3,5H,2,4,11H2,1H3. The van der Waals surface area contributed by atoms with E-state index < -0.39 is 5.97 Å². The SMILES string of the molecule is CCOC(=O)c1cc(-c2csnn2)c(CN)o1. The number of ether oxygens (including phenoxy) is 1. The Kier molecular flexibility index (Phi) is 3.50. The molecule has 0 atom stereocenters. The second-order valence-corrected chi connectivity index (χ2v) is 3.77. The Morgan fingerprint density at radius 1 is 1.65 bits per heavy atom. The van der Waals surface area contributed by atoms with Gasteiger partial charge in [0.05, 0.1) is 13.2 Å². The number of nitrogens with zero attached hydrogens (tertiary/aromatic N) is 2. The predicted molar refractivity (Wildman–Crippen MR) is 61.5 cm³/mol. The van der Waals surface area contributed by atoms with Crippen molar-refractivity contribution in [1.29, 1.82) is 0 Å². The molecule has 90 valence electrons. The van der Waals surface area contributed by atoms with E-state index in [1.807, 2.05) is 0 Å². The highest BCUT2D eigenvalue weighted by atomic mass is 32.1. The summed E-state index contributed by atoms with van der Waals surface area (Å²) < 4.78 is 13.9. The van der Waals surface area contributed by atoms with Gasteiger partial charge in [-0.15, -0.1) is 5.10 Å². The van der Waals surface area contributed by atoms with Crippen LogP contribution in [0, 0.1) is 0 Å². The van der Waals surface area contributed by atoms with Gasteiger partial charge in [0.15, 0.2) is 0 Å². The fourth-order valence-corrected chi connectivity index (χ4v) is 1.84. The number of esters is 1. The molecule has 2 heterocycles. The topological polar surface area (TPSA) is 91.2 Å². The molecule has 0 amide bonds. The van der Waals surface area contributed by atoms with Crippen molar-refractivity contribution in [2.75, 3.05) is 6.61 Å². The third-order valence-corrected chi connectivity index (χ3v) is 2.61. The molecule has 2 aromatic heterocycles. The molecule has 6 nitrogen and oxygen atoms in total. The Morgan fingerprint density at radius 3 is 3.06 bits per heavy atom. The van der Waals surface area contributed by atoms with Crippen LogP contribution in [0.3, 0.4) is 0 Å². The van der Waals surface area contributed by atoms with Crippen molar-refractivity contribution in [3.63, 3.8) is 0 Å². The van der Waals surface area contributed by atoms with Crippen molar-refractivity contribution in [2.45, 2.75) is 13.5 Å². The minimum atomic E-state index is -0.503. The first-order chi connectivity index (χ1) is 8.26. The Morgan fingerprint density at radius 2 is 2.47 bits per heavy atom. The molecular weight excluding hydrogens is 242 g/mol. The minimum Gasteiger partial charge on any atom is -0.460 e. The second-order valence-electron chi connectivity index (χ2n) is 3.16. The molecule has 0 radical (unpaired) electrons. The molecule has 0 bridgehead atoms. The van der Waals surface area contributed by atoms with Crippen molar-refractivity contribution in [3.8, 4) is 11.3 Å². The lowest BCUT2D eigenvalue weighted by molar-refractivity contribution is 0.0488. The largest absolute Gasteiger partial charge is 0.460 e. The molecular formula is C10H11N3O3S. The van der Waals surface area contributed by atoms with E-state index in [0.717, 1.165) is 0 Å². The monoisotopic (exact) mass is 253 g/mol. The van der Waals surface area contributed by atoms with Crippen LogP contribution >= 0.6 is 11.5 Å². The zero-order valence-corrected chi connectivity index (χ0v) is 9.99. The lowest BCUT2D eigenvalue weighted by Crippen LogP contribution is -2.02. The molecule has 0 unspecified atom stereocenters. The van der Waals surface area contributed by atoms with E-state index in [2.05, 4.69) is 9.59 Å². The predicted octanol–water partition coefficient (Wildman–Crippen LogP) is 1.43. The van der Waals surface area contributed by atoms with Gasteiger partial charge in [-0.3, -0.25) is 0 Å². The number of hydrogen-bond acceptors (Lipinski definition) is 7. The van der Waals surface area contributed by atoms with Crippen LogP contribution in [0.25, 0.3) is 11.3 Å². The van der Waals surface area contributed by atoms with Gasteiger partial charge >= 0.3 is 5.97 Å². The first kappa shape index (κ1) is 11.7. The van der Waals surface area contributed by atoms with Crippen LogP contribution in [-0.4, -0.2) is 22.2 Å². The Hall–Kier alpha value is -1.73. The molecule has 0 saturated heterocycles. The Bertz CT molecular complexity index is 507. The number of carbonyl (C=O) groups is 1. The van der Waals surface area contributed by atoms with E-state index in [9.17, 15) is 4.79 Å². The first-order valence-corrected chi connectivity index (χ1v) is 5.87. The number of nitrogens with two attached hydrogens (primary N) is 1. The molecule has 2 N–H and O–H groups in total. The average molecular weight is 253 g/mol. The summed E-state index contributed by atoms with van der Waals surface area (Å²) in [7, 11) is 0. The van der Waals surface area contributed by atoms with Crippen molar-refractivity contribution >= 4 is 17.5 Å². The lowest BCUT2D eigenvalue weighted by Gasteiger charge is -1.96. The third-order valence-electron chi connectivity index (χ3n) is 2.11. The maximum Gasteiger partial charge on any atom is 0.374 e. The van der Waals surface area contributed by atoms with Crippen LogP contribution in [0.5, 0.6) is 0 Å². The van der Waals surface area contributed by atoms with Crippen LogP contribution in [0.1, 0.15) is 23.2 Å². The number of rotatable bonds is 4. The summed E-state index contributed by atoms with van der Waals surface area (Å²) in [4.78, 5) is 11.5. The number of furan rings is 1. The summed E-state index contributed by atoms with van der Waals surface area (Å²) in [5.74, 6) is 0.132. The van der Waals surface area contributed by atoms with Crippen LogP contribution in [-0.2, 0) is 11.3 Å². The Balaban J connectivity index is 2.36. The van der Waals surface area contributed by atoms with Crippen LogP contribution in [0.4, 0.5) is 0 Å². The van der Waals surface area contributed by atoms with Gasteiger partial charge in [0.1, 0.15) is 11.5 Å². The lowest BCUT2D eigenvalue weighted by atomic mass is 10.2. The maximum absolute atomic E-state index is 11.5. The highest BCUT2D eigenvalue weighted by molar-refractivity contribution is 7.03. The van der Waals surface area contributed by atoms with E-state index in [0.29, 0.717) is 23.6 Å². The normalized spacial score (nSPS) is 10.5. The molecule has 2 rings (SSSR count). The van der Waals surface area contributed by atoms with Gasteiger partial charge < -0.3 is 14.9 Å². The van der Waals surface area contributed by atoms with Gasteiger partial charge in [-0.05, 0) is 18.5 Å². The van der Waals surface area contributed by atoms with Crippen LogP contribution in [0.15, 0.2) is 15.9 Å². The van der Waals surface area contributed by atoms with Crippen molar-refractivity contribution < 1.29 is 13.9 Å². The zero-order chi connectivity index (χ0) is 12.3.